The fourth-order valence-corrected chi connectivity index (χ4v) is 10.7. The number of esters is 2. The van der Waals surface area contributed by atoms with E-state index in [0.717, 1.165) is 64.2 Å². The molecule has 9 heteroatoms. The van der Waals surface area contributed by atoms with Crippen molar-refractivity contribution in [2.24, 2.45) is 0 Å². The van der Waals surface area contributed by atoms with Gasteiger partial charge in [-0.05, 0) is 89.9 Å². The van der Waals surface area contributed by atoms with Crippen LogP contribution in [0.2, 0.25) is 0 Å². The number of rotatable bonds is 69. The number of carbonyl (C=O) groups excluding carboxylic acids is 2. The molecule has 0 aliphatic carbocycles. The van der Waals surface area contributed by atoms with Crippen molar-refractivity contribution >= 4 is 17.9 Å². The topological polar surface area (TPSA) is 108 Å². The van der Waals surface area contributed by atoms with Crippen molar-refractivity contribution < 1.29 is 42.9 Å². The molecule has 0 spiro atoms. The minimum atomic E-state index is -1.51. The van der Waals surface area contributed by atoms with Crippen LogP contribution in [-0.4, -0.2) is 87.4 Å². The van der Waals surface area contributed by atoms with Crippen LogP contribution in [0.5, 0.6) is 0 Å². The number of allylic oxidation sites excluding steroid dienone is 12. The molecule has 0 aliphatic heterocycles. The predicted molar refractivity (Wildman–Crippen MR) is 373 cm³/mol. The lowest BCUT2D eigenvalue weighted by Gasteiger charge is -2.25. The lowest BCUT2D eigenvalue weighted by Crippen LogP contribution is -2.40. The van der Waals surface area contributed by atoms with Gasteiger partial charge in [-0.2, -0.15) is 0 Å². The molecule has 9 nitrogen and oxygen atoms in total. The van der Waals surface area contributed by atoms with Crippen LogP contribution >= 0.6 is 0 Å². The van der Waals surface area contributed by atoms with Crippen LogP contribution in [0.15, 0.2) is 72.9 Å². The second kappa shape index (κ2) is 68.6. The molecule has 0 radical (unpaired) electrons. The van der Waals surface area contributed by atoms with Gasteiger partial charge in [-0.15, -0.1) is 0 Å². The summed E-state index contributed by atoms with van der Waals surface area (Å²) in [5, 5.41) is 9.76. The van der Waals surface area contributed by atoms with E-state index in [1.165, 1.54) is 257 Å². The van der Waals surface area contributed by atoms with Crippen molar-refractivity contribution in [1.29, 1.82) is 0 Å². The van der Waals surface area contributed by atoms with Crippen LogP contribution in [0.25, 0.3) is 0 Å². The molecule has 87 heavy (non-hydrogen) atoms. The van der Waals surface area contributed by atoms with Gasteiger partial charge in [0.2, 0.25) is 0 Å². The highest BCUT2D eigenvalue weighted by Gasteiger charge is 2.25. The number of carboxylic acids is 1. The van der Waals surface area contributed by atoms with Crippen molar-refractivity contribution in [1.82, 2.24) is 0 Å². The number of carbonyl (C=O) groups is 3. The quantitative estimate of drug-likeness (QED) is 0.0211. The first-order valence-corrected chi connectivity index (χ1v) is 37.1. The molecule has 2 atom stereocenters. The highest BCUT2D eigenvalue weighted by atomic mass is 16.7. The molecule has 1 N–H and O–H groups in total. The summed E-state index contributed by atoms with van der Waals surface area (Å²) in [5.41, 5.74) is 0. The van der Waals surface area contributed by atoms with Gasteiger partial charge in [0.05, 0.1) is 34.4 Å². The summed E-state index contributed by atoms with van der Waals surface area (Å²) in [6, 6.07) is 0. The van der Waals surface area contributed by atoms with Gasteiger partial charge in [-0.1, -0.05) is 318 Å². The van der Waals surface area contributed by atoms with Crippen molar-refractivity contribution in [2.75, 3.05) is 47.5 Å². The number of hydrogen-bond donors (Lipinski definition) is 1. The molecule has 0 amide bonds. The van der Waals surface area contributed by atoms with Gasteiger partial charge >= 0.3 is 17.9 Å². The van der Waals surface area contributed by atoms with Crippen LogP contribution in [0, 0.1) is 0 Å². The Morgan fingerprint density at radius 3 is 0.920 bits per heavy atom. The third-order valence-electron chi connectivity index (χ3n) is 16.4. The number of carboxylic acid groups (broad SMARTS) is 1. The third kappa shape index (κ3) is 70.1. The molecular weight excluding hydrogens is 1080 g/mol. The number of unbranched alkanes of at least 4 members (excludes halogenated alkanes) is 42. The van der Waals surface area contributed by atoms with Gasteiger partial charge in [0.15, 0.2) is 6.10 Å². The molecule has 0 bridgehead atoms. The van der Waals surface area contributed by atoms with E-state index >= 15 is 0 Å². The van der Waals surface area contributed by atoms with E-state index in [0.29, 0.717) is 17.4 Å². The summed E-state index contributed by atoms with van der Waals surface area (Å²) in [6.45, 7) is 4.90. The van der Waals surface area contributed by atoms with Crippen LogP contribution in [-0.2, 0) is 33.3 Å². The summed E-state index contributed by atoms with van der Waals surface area (Å²) in [5.74, 6) is -1.99. The Balaban J connectivity index is 4.07. The number of quaternary nitrogens is 1. The highest BCUT2D eigenvalue weighted by Crippen LogP contribution is 2.18. The van der Waals surface area contributed by atoms with Crippen molar-refractivity contribution in [2.45, 2.75) is 360 Å². The Morgan fingerprint density at radius 2 is 0.621 bits per heavy atom. The second-order valence-electron chi connectivity index (χ2n) is 26.3. The summed E-state index contributed by atoms with van der Waals surface area (Å²) in [4.78, 5) is 37.7. The number of hydrogen-bond acceptors (Lipinski definition) is 7. The molecule has 0 aromatic rings. The van der Waals surface area contributed by atoms with E-state index in [1.807, 2.05) is 21.1 Å². The Bertz CT molecular complexity index is 1660. The van der Waals surface area contributed by atoms with E-state index in [9.17, 15) is 19.5 Å². The van der Waals surface area contributed by atoms with E-state index < -0.39 is 18.4 Å². The summed E-state index contributed by atoms with van der Waals surface area (Å²) < 4.78 is 23.0. The van der Waals surface area contributed by atoms with Crippen LogP contribution < -0.4 is 0 Å². The van der Waals surface area contributed by atoms with Gasteiger partial charge in [-0.3, -0.25) is 9.59 Å². The van der Waals surface area contributed by atoms with Crippen LogP contribution in [0.1, 0.15) is 348 Å². The molecule has 0 rings (SSSR count). The maximum absolute atomic E-state index is 13.0. The van der Waals surface area contributed by atoms with E-state index in [2.05, 4.69) is 86.8 Å². The first-order chi connectivity index (χ1) is 42.6. The Kier molecular flexibility index (Phi) is 66.1. The van der Waals surface area contributed by atoms with E-state index in [1.54, 1.807) is 0 Å². The van der Waals surface area contributed by atoms with Crippen LogP contribution in [0.3, 0.4) is 0 Å². The average Bonchev–Trinajstić information content (AvgIpc) is 3.59. The molecule has 506 valence electrons. The van der Waals surface area contributed by atoms with Gasteiger partial charge in [-0.25, -0.2) is 4.79 Å². The van der Waals surface area contributed by atoms with Crippen molar-refractivity contribution in [3.05, 3.63) is 72.9 Å². The largest absolute Gasteiger partial charge is 0.477 e. The smallest absolute Gasteiger partial charge is 0.361 e. The monoisotopic (exact) mass is 1220 g/mol. The zero-order chi connectivity index (χ0) is 63.3. The standard InChI is InChI=1S/C78H141NO8/c1-6-8-10-12-14-16-18-20-22-24-26-28-30-32-34-36-37-38-39-41-43-45-47-49-51-53-55-57-59-61-63-65-67-69-76(81)87-74(73-86-78(77(82)83)84-71-70-79(3,4)5)72-85-75(80)68-66-64-62-60-58-56-54-52-50-48-46-44-42-40-35-33-31-29-27-25-23-21-19-17-15-13-11-9-7-2/h18-21,24-27,30-33,74,78H,6-17,22-23,28-29,34-73H2,1-5H3/p+1/b20-18-,21-19-,26-24-,27-25-,32-30-,33-31-. The predicted octanol–water partition coefficient (Wildman–Crippen LogP) is 23.3. The highest BCUT2D eigenvalue weighted by molar-refractivity contribution is 5.71. The summed E-state index contributed by atoms with van der Waals surface area (Å²) in [6.07, 6.45) is 88.8. The average molecular weight is 1220 g/mol. The molecule has 0 saturated heterocycles. The molecule has 0 heterocycles. The van der Waals surface area contributed by atoms with Gasteiger partial charge in [0.1, 0.15) is 13.2 Å². The number of likely N-dealkylation sites (N-methyl/N-ethyl adjacent to an activating group) is 1. The minimum absolute atomic E-state index is 0.181. The third-order valence-corrected chi connectivity index (χ3v) is 16.4. The molecular formula is C78H142NO8+. The van der Waals surface area contributed by atoms with Crippen molar-refractivity contribution in [3.63, 3.8) is 0 Å². The van der Waals surface area contributed by atoms with Crippen LogP contribution in [0.4, 0.5) is 0 Å². The van der Waals surface area contributed by atoms with Gasteiger partial charge < -0.3 is 28.5 Å². The number of nitrogens with zero attached hydrogens (tertiary/aromatic N) is 1. The molecule has 0 aromatic heterocycles. The maximum atomic E-state index is 13.0. The fourth-order valence-electron chi connectivity index (χ4n) is 10.7. The SMILES string of the molecule is CCCCCCC/C=C\C/C=C\C/C=C\CCCCCCCCCCCCCCCCCCCCC(=O)OC(COC(=O)CCCCCCCCCCCCCCCC/C=C\C/C=C\C/C=C\CCCCCCC)COC(OCC[N+](C)(C)C)C(=O)O. The Labute approximate surface area is 538 Å². The summed E-state index contributed by atoms with van der Waals surface area (Å²) >= 11 is 0. The summed E-state index contributed by atoms with van der Waals surface area (Å²) in [7, 11) is 5.99. The van der Waals surface area contributed by atoms with Crippen molar-refractivity contribution in [3.8, 4) is 0 Å². The van der Waals surface area contributed by atoms with E-state index in [-0.39, 0.29) is 38.2 Å². The Hall–Kier alpha value is -3.27. The van der Waals surface area contributed by atoms with Gasteiger partial charge in [0, 0.05) is 12.8 Å². The van der Waals surface area contributed by atoms with E-state index in [4.69, 9.17) is 18.9 Å². The normalized spacial score (nSPS) is 13.1. The lowest BCUT2D eigenvalue weighted by molar-refractivity contribution is -0.870. The lowest BCUT2D eigenvalue weighted by atomic mass is 10.0. The number of aliphatic carboxylic acids is 1. The minimum Gasteiger partial charge on any atom is -0.477 e. The first-order valence-electron chi connectivity index (χ1n) is 37.1. The zero-order valence-electron chi connectivity index (χ0n) is 57.9. The molecule has 0 aromatic carbocycles. The molecule has 0 fully saturated rings. The second-order valence-corrected chi connectivity index (χ2v) is 26.3. The molecule has 0 aliphatic rings. The first kappa shape index (κ1) is 83.7. The maximum Gasteiger partial charge on any atom is 0.361 e. The fraction of sp³-hybridized carbons (Fsp3) is 0.808. The Morgan fingerprint density at radius 1 is 0.345 bits per heavy atom. The van der Waals surface area contributed by atoms with Gasteiger partial charge in [0.25, 0.3) is 6.29 Å². The number of ether oxygens (including phenoxy) is 4. The molecule has 0 saturated carbocycles. The molecule has 2 unspecified atom stereocenters. The zero-order valence-corrected chi connectivity index (χ0v) is 57.9.